The lowest BCUT2D eigenvalue weighted by Gasteiger charge is -2.16. The van der Waals surface area contributed by atoms with Crippen molar-refractivity contribution in [3.05, 3.63) is 65.2 Å². The number of aliphatic carboxylic acids is 1. The van der Waals surface area contributed by atoms with Gasteiger partial charge in [-0.2, -0.15) is 5.01 Å². The topological polar surface area (TPSA) is 112 Å². The van der Waals surface area contributed by atoms with Crippen LogP contribution in [0.3, 0.4) is 0 Å². The molecule has 9 heteroatoms. The van der Waals surface area contributed by atoms with Gasteiger partial charge in [0.15, 0.2) is 5.00 Å². The zero-order valence-electron chi connectivity index (χ0n) is 18.7. The van der Waals surface area contributed by atoms with Crippen molar-refractivity contribution in [2.45, 2.75) is 38.5 Å². The van der Waals surface area contributed by atoms with Gasteiger partial charge in [0.1, 0.15) is 5.69 Å². The molecule has 1 aliphatic carbocycles. The second kappa shape index (κ2) is 8.18. The second-order valence-corrected chi connectivity index (χ2v) is 9.26. The number of carboxylic acid groups (broad SMARTS) is 1. The minimum atomic E-state index is -0.764. The van der Waals surface area contributed by atoms with Crippen LogP contribution in [0, 0.1) is 0 Å². The highest BCUT2D eigenvalue weighted by atomic mass is 32.1. The molecule has 0 saturated heterocycles. The van der Waals surface area contributed by atoms with Crippen LogP contribution in [-0.4, -0.2) is 37.5 Å². The van der Waals surface area contributed by atoms with E-state index in [1.54, 1.807) is 6.92 Å². The van der Waals surface area contributed by atoms with Crippen LogP contribution in [0.5, 0.6) is 0 Å². The second-order valence-electron chi connectivity index (χ2n) is 8.51. The van der Waals surface area contributed by atoms with Crippen LogP contribution in [-0.2, 0) is 19.8 Å². The minimum Gasteiger partial charge on any atom is -0.481 e. The Morgan fingerprint density at radius 2 is 1.62 bits per heavy atom. The molecule has 5 rings (SSSR count). The number of hydrazine groups is 1. The lowest BCUT2D eigenvalue weighted by atomic mass is 9.93. The highest BCUT2D eigenvalue weighted by Crippen LogP contribution is 2.48. The molecule has 172 valence electrons. The molecule has 0 atom stereocenters. The van der Waals surface area contributed by atoms with Crippen molar-refractivity contribution >= 4 is 34.3 Å². The number of nitrogens with one attached hydrogen (secondary N) is 1. The first-order chi connectivity index (χ1) is 16.4. The fourth-order valence-corrected chi connectivity index (χ4v) is 4.89. The van der Waals surface area contributed by atoms with Gasteiger partial charge in [0.2, 0.25) is 0 Å². The lowest BCUT2D eigenvalue weighted by Crippen LogP contribution is -2.36. The smallest absolute Gasteiger partial charge is 0.314 e. The molecule has 1 aliphatic heterocycles. The van der Waals surface area contributed by atoms with Crippen LogP contribution < -0.4 is 5.43 Å². The van der Waals surface area contributed by atoms with Gasteiger partial charge in [0.05, 0.1) is 5.41 Å². The summed E-state index contributed by atoms with van der Waals surface area (Å²) in [7, 11) is 0. The zero-order chi connectivity index (χ0) is 24.0. The summed E-state index contributed by atoms with van der Waals surface area (Å²) in [6.07, 6.45) is 1.85. The number of hydrogen-bond acceptors (Lipinski definition) is 7. The van der Waals surface area contributed by atoms with E-state index in [0.717, 1.165) is 38.8 Å². The van der Waals surface area contributed by atoms with Gasteiger partial charge in [-0.05, 0) is 42.9 Å². The van der Waals surface area contributed by atoms with Crippen LogP contribution in [0.2, 0.25) is 0 Å². The molecule has 0 spiro atoms. The van der Waals surface area contributed by atoms with Crippen molar-refractivity contribution in [1.29, 1.82) is 0 Å². The van der Waals surface area contributed by atoms with E-state index >= 15 is 0 Å². The van der Waals surface area contributed by atoms with Crippen LogP contribution in [0.4, 0.5) is 5.00 Å². The van der Waals surface area contributed by atoms with Crippen molar-refractivity contribution in [3.8, 4) is 22.4 Å². The maximum atomic E-state index is 12.6. The average molecular weight is 475 g/mol. The number of amides is 2. The van der Waals surface area contributed by atoms with E-state index < -0.39 is 11.4 Å². The molecule has 1 aromatic heterocycles. The molecule has 8 nitrogen and oxygen atoms in total. The maximum Gasteiger partial charge on any atom is 0.314 e. The summed E-state index contributed by atoms with van der Waals surface area (Å²) in [6.45, 7) is 3.50. The van der Waals surface area contributed by atoms with Gasteiger partial charge >= 0.3 is 5.97 Å². The number of nitrogens with zero attached hydrogens (tertiary/aromatic N) is 3. The molecule has 2 aromatic carbocycles. The third-order valence-electron chi connectivity index (χ3n) is 6.58. The minimum absolute atomic E-state index is 0.348. The Morgan fingerprint density at radius 1 is 1.03 bits per heavy atom. The van der Waals surface area contributed by atoms with Crippen molar-refractivity contribution in [3.63, 3.8) is 0 Å². The van der Waals surface area contributed by atoms with Crippen LogP contribution in [0.1, 0.15) is 38.7 Å². The molecule has 34 heavy (non-hydrogen) atoms. The van der Waals surface area contributed by atoms with E-state index in [1.165, 1.54) is 0 Å². The third kappa shape index (κ3) is 3.49. The van der Waals surface area contributed by atoms with E-state index in [-0.39, 0.29) is 11.8 Å². The number of benzene rings is 2. The van der Waals surface area contributed by atoms with Crippen molar-refractivity contribution in [2.24, 2.45) is 0 Å². The Balaban J connectivity index is 1.35. The van der Waals surface area contributed by atoms with E-state index in [0.29, 0.717) is 41.1 Å². The summed E-state index contributed by atoms with van der Waals surface area (Å²) in [6, 6.07) is 15.4. The first-order valence-electron chi connectivity index (χ1n) is 11.0. The monoisotopic (exact) mass is 474 g/mol. The van der Waals surface area contributed by atoms with Gasteiger partial charge in [0.25, 0.3) is 11.8 Å². The van der Waals surface area contributed by atoms with Crippen molar-refractivity contribution in [2.75, 3.05) is 5.43 Å². The summed E-state index contributed by atoms with van der Waals surface area (Å²) in [5, 5.41) is 15.2. The van der Waals surface area contributed by atoms with Crippen molar-refractivity contribution < 1.29 is 19.5 Å². The molecule has 1 fully saturated rings. The van der Waals surface area contributed by atoms with Crippen LogP contribution in [0.15, 0.2) is 59.7 Å². The number of carboxylic acids is 1. The summed E-state index contributed by atoms with van der Waals surface area (Å²) in [5.41, 5.74) is 7.27. The predicted molar refractivity (Wildman–Crippen MR) is 128 cm³/mol. The first kappa shape index (κ1) is 22.0. The predicted octanol–water partition coefficient (Wildman–Crippen LogP) is 4.41. The first-order valence-corrected chi connectivity index (χ1v) is 11.8. The molecule has 2 aliphatic rings. The zero-order valence-corrected chi connectivity index (χ0v) is 19.5. The maximum absolute atomic E-state index is 12.6. The normalized spacial score (nSPS) is 16.8. The quantitative estimate of drug-likeness (QED) is 0.488. The third-order valence-corrected chi connectivity index (χ3v) is 7.21. The van der Waals surface area contributed by atoms with E-state index in [1.807, 2.05) is 55.5 Å². The molecule has 1 saturated carbocycles. The number of carbonyl (C=O) groups is 3. The number of anilines is 1. The lowest BCUT2D eigenvalue weighted by molar-refractivity contribution is -0.140. The van der Waals surface area contributed by atoms with E-state index in [2.05, 4.69) is 15.0 Å². The standard InChI is InChI=1S/C25H22N4O4S/c1-3-19-14(2)22(30)29(23(19)31)27-21-20(26-28-34-21)17-6-4-15(5-7-17)16-8-10-18(11-9-16)25(12-13-25)24(32)33/h4-11,27H,3,12-13H2,1-2H3,(H,32,33). The molecule has 3 aromatic rings. The molecular weight excluding hydrogens is 452 g/mol. The number of hydrogen-bond donors (Lipinski definition) is 2. The number of aromatic nitrogens is 2. The number of rotatable bonds is 7. The fourth-order valence-electron chi connectivity index (χ4n) is 4.31. The van der Waals surface area contributed by atoms with Gasteiger partial charge in [-0.15, -0.1) is 5.10 Å². The molecule has 0 radical (unpaired) electrons. The number of carbonyl (C=O) groups excluding carboxylic acids is 2. The van der Waals surface area contributed by atoms with Gasteiger partial charge in [-0.25, -0.2) is 0 Å². The largest absolute Gasteiger partial charge is 0.481 e. The Hall–Kier alpha value is -3.85. The molecular formula is C25H22N4O4S. The van der Waals surface area contributed by atoms with Crippen LogP contribution >= 0.6 is 11.5 Å². The summed E-state index contributed by atoms with van der Waals surface area (Å²) < 4.78 is 4.00. The molecule has 2 heterocycles. The summed E-state index contributed by atoms with van der Waals surface area (Å²) >= 11 is 1.07. The average Bonchev–Trinajstić information content (AvgIpc) is 3.50. The number of imide groups is 1. The van der Waals surface area contributed by atoms with Crippen LogP contribution in [0.25, 0.3) is 22.4 Å². The van der Waals surface area contributed by atoms with E-state index in [4.69, 9.17) is 0 Å². The molecule has 2 N–H and O–H groups in total. The Morgan fingerprint density at radius 3 is 2.15 bits per heavy atom. The van der Waals surface area contributed by atoms with Gasteiger partial charge in [0, 0.05) is 28.2 Å². The van der Waals surface area contributed by atoms with Gasteiger partial charge in [-0.3, -0.25) is 19.8 Å². The highest BCUT2D eigenvalue weighted by Gasteiger charge is 2.51. The van der Waals surface area contributed by atoms with Gasteiger partial charge < -0.3 is 5.11 Å². The highest BCUT2D eigenvalue weighted by molar-refractivity contribution is 7.10. The summed E-state index contributed by atoms with van der Waals surface area (Å²) in [4.78, 5) is 36.6. The Kier molecular flexibility index (Phi) is 5.28. The molecule has 0 bridgehead atoms. The Labute approximate surface area is 200 Å². The summed E-state index contributed by atoms with van der Waals surface area (Å²) in [5.74, 6) is -1.48. The van der Waals surface area contributed by atoms with E-state index in [9.17, 15) is 19.5 Å². The Bertz CT molecular complexity index is 1340. The fraction of sp³-hybridized carbons (Fsp3) is 0.240. The van der Waals surface area contributed by atoms with Crippen molar-refractivity contribution in [1.82, 2.24) is 14.6 Å². The molecule has 2 amide bonds. The molecule has 0 unspecified atom stereocenters. The SMILES string of the molecule is CCC1=C(C)C(=O)N(Nc2snnc2-c2ccc(-c3ccc(C4(C(=O)O)CC4)cc3)cc2)C1=O. The van der Waals surface area contributed by atoms with Gasteiger partial charge in [-0.1, -0.05) is 59.9 Å².